The first-order chi connectivity index (χ1) is 12.0. The van der Waals surface area contributed by atoms with Crippen molar-refractivity contribution in [3.63, 3.8) is 0 Å². The van der Waals surface area contributed by atoms with Crippen molar-refractivity contribution < 1.29 is 0 Å². The van der Waals surface area contributed by atoms with Gasteiger partial charge in [0.05, 0.1) is 5.69 Å². The molecule has 0 atom stereocenters. The van der Waals surface area contributed by atoms with Gasteiger partial charge >= 0.3 is 5.69 Å². The van der Waals surface area contributed by atoms with Crippen LogP contribution in [0.3, 0.4) is 0 Å². The molecule has 2 aromatic heterocycles. The van der Waals surface area contributed by atoms with E-state index in [1.165, 1.54) is 20.7 Å². The molecule has 0 aliphatic heterocycles. The minimum atomic E-state index is -0.390. The van der Waals surface area contributed by atoms with Crippen LogP contribution in [0.25, 0.3) is 16.7 Å². The van der Waals surface area contributed by atoms with Gasteiger partial charge in [0.15, 0.2) is 5.65 Å². The van der Waals surface area contributed by atoms with Crippen LogP contribution in [0, 0.1) is 0 Å². The number of anilines is 1. The van der Waals surface area contributed by atoms with Gasteiger partial charge < -0.3 is 4.90 Å². The van der Waals surface area contributed by atoms with Gasteiger partial charge in [0.25, 0.3) is 5.56 Å². The molecule has 0 spiro atoms. The van der Waals surface area contributed by atoms with Crippen molar-refractivity contribution in [1.82, 2.24) is 13.5 Å². The average Bonchev–Trinajstić information content (AvgIpc) is 3.03. The van der Waals surface area contributed by atoms with Crippen LogP contribution in [0.2, 0.25) is 5.02 Å². The first kappa shape index (κ1) is 17.7. The zero-order chi connectivity index (χ0) is 18.1. The molecule has 0 unspecified atom stereocenters. The Morgan fingerprint density at radius 2 is 1.76 bits per heavy atom. The van der Waals surface area contributed by atoms with Crippen LogP contribution < -0.4 is 16.1 Å². The van der Waals surface area contributed by atoms with Crippen molar-refractivity contribution in [1.29, 1.82) is 0 Å². The summed E-state index contributed by atoms with van der Waals surface area (Å²) < 4.78 is 7.18. The number of fused-ring (bicyclic) bond motifs is 1. The van der Waals surface area contributed by atoms with E-state index >= 15 is 0 Å². The summed E-state index contributed by atoms with van der Waals surface area (Å²) in [7, 11) is 0. The number of aromatic nitrogens is 3. The molecule has 3 rings (SSSR count). The summed E-state index contributed by atoms with van der Waals surface area (Å²) in [6, 6.07) is 6.94. The Morgan fingerprint density at radius 3 is 2.32 bits per heavy atom. The van der Waals surface area contributed by atoms with Crippen LogP contribution >= 0.6 is 23.1 Å². The highest BCUT2D eigenvalue weighted by Gasteiger charge is 2.22. The molecule has 0 saturated heterocycles. The van der Waals surface area contributed by atoms with Crippen LogP contribution in [0.5, 0.6) is 0 Å². The molecule has 0 radical (unpaired) electrons. The van der Waals surface area contributed by atoms with Crippen molar-refractivity contribution in [3.05, 3.63) is 50.1 Å². The van der Waals surface area contributed by atoms with E-state index in [1.54, 1.807) is 31.2 Å². The van der Waals surface area contributed by atoms with Crippen LogP contribution in [0.4, 0.5) is 5.00 Å². The molecule has 0 saturated carbocycles. The van der Waals surface area contributed by atoms with Crippen LogP contribution in [-0.2, 0) is 6.54 Å². The maximum atomic E-state index is 12.9. The quantitative estimate of drug-likeness (QED) is 0.684. The minimum absolute atomic E-state index is 0.289. The standard InChI is InChI=1S/C17H19ClN4O2S/c1-4-20(5-2)16-13-14(19-25-16)22(12-9-7-11(18)8-10-12)17(24)21(6-3)15(13)23/h7-10H,4-6H2,1-3H3. The number of benzene rings is 1. The second-order valence-corrected chi connectivity index (χ2v) is 6.69. The molecule has 6 nitrogen and oxygen atoms in total. The Morgan fingerprint density at radius 1 is 1.12 bits per heavy atom. The number of nitrogens with zero attached hydrogens (tertiary/aromatic N) is 4. The van der Waals surface area contributed by atoms with Gasteiger partial charge in [-0.1, -0.05) is 11.6 Å². The first-order valence-corrected chi connectivity index (χ1v) is 9.34. The predicted molar refractivity (Wildman–Crippen MR) is 104 cm³/mol. The molecule has 0 bridgehead atoms. The normalized spacial score (nSPS) is 11.2. The Labute approximate surface area is 154 Å². The monoisotopic (exact) mass is 378 g/mol. The van der Waals surface area contributed by atoms with Crippen molar-refractivity contribution in [2.75, 3.05) is 18.0 Å². The molecular weight excluding hydrogens is 360 g/mol. The van der Waals surface area contributed by atoms with E-state index in [0.717, 1.165) is 18.1 Å². The summed E-state index contributed by atoms with van der Waals surface area (Å²) in [6.45, 7) is 7.68. The lowest BCUT2D eigenvalue weighted by molar-refractivity contribution is 0.660. The third-order valence-electron chi connectivity index (χ3n) is 4.20. The molecular formula is C17H19ClN4O2S. The van der Waals surface area contributed by atoms with E-state index < -0.39 is 5.69 Å². The SMILES string of the molecule is CCN(CC)c1snc2c1c(=O)n(CC)c(=O)n2-c1ccc(Cl)cc1. The third kappa shape index (κ3) is 2.87. The van der Waals surface area contributed by atoms with Gasteiger partial charge in [-0.15, -0.1) is 0 Å². The highest BCUT2D eigenvalue weighted by atomic mass is 35.5. The summed E-state index contributed by atoms with van der Waals surface area (Å²) in [6.07, 6.45) is 0. The zero-order valence-electron chi connectivity index (χ0n) is 14.3. The summed E-state index contributed by atoms with van der Waals surface area (Å²) in [4.78, 5) is 27.9. The fraction of sp³-hybridized carbons (Fsp3) is 0.353. The molecule has 0 amide bonds. The molecule has 0 N–H and O–H groups in total. The largest absolute Gasteiger partial charge is 0.362 e. The van der Waals surface area contributed by atoms with E-state index in [-0.39, 0.29) is 5.56 Å². The Balaban J connectivity index is 2.43. The molecule has 132 valence electrons. The summed E-state index contributed by atoms with van der Waals surface area (Å²) in [5, 5.41) is 1.87. The van der Waals surface area contributed by atoms with Gasteiger partial charge in [0.2, 0.25) is 0 Å². The summed E-state index contributed by atoms with van der Waals surface area (Å²) >= 11 is 7.21. The zero-order valence-corrected chi connectivity index (χ0v) is 15.9. The van der Waals surface area contributed by atoms with Gasteiger partial charge in [0.1, 0.15) is 10.4 Å². The van der Waals surface area contributed by atoms with Gasteiger partial charge in [-0.25, -0.2) is 9.36 Å². The van der Waals surface area contributed by atoms with E-state index in [2.05, 4.69) is 9.27 Å². The summed E-state index contributed by atoms with van der Waals surface area (Å²) in [5.41, 5.74) is 0.356. The topological polar surface area (TPSA) is 60.1 Å². The lowest BCUT2D eigenvalue weighted by Crippen LogP contribution is -2.39. The number of halogens is 1. The van der Waals surface area contributed by atoms with Crippen LogP contribution in [-0.4, -0.2) is 26.6 Å². The lowest BCUT2D eigenvalue weighted by atomic mass is 10.3. The van der Waals surface area contributed by atoms with E-state index in [4.69, 9.17) is 11.6 Å². The smallest absolute Gasteiger partial charge is 0.337 e. The molecule has 1 aromatic carbocycles. The molecule has 0 fully saturated rings. The van der Waals surface area contributed by atoms with Crippen LogP contribution in [0.1, 0.15) is 20.8 Å². The number of hydrogen-bond donors (Lipinski definition) is 0. The second kappa shape index (κ2) is 7.01. The Bertz CT molecular complexity index is 1020. The highest BCUT2D eigenvalue weighted by molar-refractivity contribution is 7.11. The lowest BCUT2D eigenvalue weighted by Gasteiger charge is -2.18. The van der Waals surface area contributed by atoms with Gasteiger partial charge in [-0.05, 0) is 56.6 Å². The van der Waals surface area contributed by atoms with E-state index in [1.807, 2.05) is 13.8 Å². The van der Waals surface area contributed by atoms with Crippen molar-refractivity contribution in [2.45, 2.75) is 27.3 Å². The minimum Gasteiger partial charge on any atom is -0.362 e. The summed E-state index contributed by atoms with van der Waals surface area (Å²) in [5.74, 6) is 0. The van der Waals surface area contributed by atoms with Gasteiger partial charge in [-0.2, -0.15) is 4.37 Å². The van der Waals surface area contributed by atoms with E-state index in [0.29, 0.717) is 28.3 Å². The molecule has 8 heteroatoms. The molecule has 2 heterocycles. The third-order valence-corrected chi connectivity index (χ3v) is 5.35. The van der Waals surface area contributed by atoms with Crippen molar-refractivity contribution in [3.8, 4) is 5.69 Å². The molecule has 0 aliphatic carbocycles. The highest BCUT2D eigenvalue weighted by Crippen LogP contribution is 2.29. The molecule has 25 heavy (non-hydrogen) atoms. The maximum Gasteiger partial charge on any atom is 0.337 e. The first-order valence-electron chi connectivity index (χ1n) is 8.19. The van der Waals surface area contributed by atoms with E-state index in [9.17, 15) is 9.59 Å². The molecule has 0 aliphatic rings. The Kier molecular flexibility index (Phi) is 4.96. The predicted octanol–water partition coefficient (Wildman–Crippen LogP) is 3.13. The van der Waals surface area contributed by atoms with Crippen molar-refractivity contribution >= 4 is 39.2 Å². The number of hydrogen-bond acceptors (Lipinski definition) is 5. The molecule has 3 aromatic rings. The fourth-order valence-electron chi connectivity index (χ4n) is 2.87. The fourth-order valence-corrected chi connectivity index (χ4v) is 3.99. The van der Waals surface area contributed by atoms with Gasteiger partial charge in [-0.3, -0.25) is 9.36 Å². The number of rotatable bonds is 5. The second-order valence-electron chi connectivity index (χ2n) is 5.50. The average molecular weight is 379 g/mol. The maximum absolute atomic E-state index is 12.9. The van der Waals surface area contributed by atoms with Gasteiger partial charge in [0, 0.05) is 24.7 Å². The van der Waals surface area contributed by atoms with Crippen molar-refractivity contribution in [2.24, 2.45) is 0 Å². The van der Waals surface area contributed by atoms with Crippen LogP contribution in [0.15, 0.2) is 33.9 Å². The Hall–Kier alpha value is -2.12.